The number of alkyl halides is 1. The summed E-state index contributed by atoms with van der Waals surface area (Å²) in [5, 5.41) is 23.0. The first kappa shape index (κ1) is 18.3. The highest BCUT2D eigenvalue weighted by atomic mass is 35.5. The van der Waals surface area contributed by atoms with Gasteiger partial charge in [-0.3, -0.25) is 4.90 Å². The van der Waals surface area contributed by atoms with E-state index in [1.54, 1.807) is 20.8 Å². The molecule has 0 aliphatic rings. The molecule has 1 unspecified atom stereocenters. The largest absolute Gasteiger partial charge is 0.444 e. The van der Waals surface area contributed by atoms with Gasteiger partial charge in [-0.15, -0.1) is 4.91 Å². The van der Waals surface area contributed by atoms with Crippen LogP contribution in [0.2, 0.25) is 0 Å². The van der Waals surface area contributed by atoms with Gasteiger partial charge in [-0.1, -0.05) is 35.9 Å². The molecule has 0 saturated carbocycles. The number of carbonyl (C=O) groups is 1. The van der Waals surface area contributed by atoms with Gasteiger partial charge in [0, 0.05) is 12.6 Å². The average Bonchev–Trinajstić information content (AvgIpc) is 2.43. The van der Waals surface area contributed by atoms with Gasteiger partial charge in [-0.25, -0.2) is 4.79 Å². The van der Waals surface area contributed by atoms with Crippen LogP contribution < -0.4 is 0 Å². The molecule has 0 spiro atoms. The second-order valence-electron chi connectivity index (χ2n) is 5.74. The Balaban J connectivity index is 2.97. The van der Waals surface area contributed by atoms with Crippen molar-refractivity contribution in [2.75, 3.05) is 7.05 Å². The first-order valence-corrected chi connectivity index (χ1v) is 6.91. The van der Waals surface area contributed by atoms with Gasteiger partial charge in [0.15, 0.2) is 5.50 Å². The molecule has 7 nitrogen and oxygen atoms in total. The Morgan fingerprint density at radius 1 is 1.27 bits per heavy atom. The molecule has 0 heterocycles. The lowest BCUT2D eigenvalue weighted by Gasteiger charge is -2.33. The van der Waals surface area contributed by atoms with Crippen molar-refractivity contribution in [2.24, 2.45) is 5.18 Å². The second kappa shape index (κ2) is 6.60. The van der Waals surface area contributed by atoms with E-state index in [2.05, 4.69) is 5.18 Å². The first-order chi connectivity index (χ1) is 9.99. The van der Waals surface area contributed by atoms with Gasteiger partial charge >= 0.3 is 6.09 Å². The Bertz CT molecular complexity index is 539. The Morgan fingerprint density at radius 2 is 1.77 bits per heavy atom. The number of aliphatic hydroxyl groups is 2. The Kier molecular flexibility index (Phi) is 5.50. The lowest BCUT2D eigenvalue weighted by molar-refractivity contribution is -0.255. The molecule has 1 aromatic carbocycles. The highest BCUT2D eigenvalue weighted by Gasteiger charge is 2.37. The van der Waals surface area contributed by atoms with Crippen molar-refractivity contribution in [1.29, 1.82) is 0 Å². The van der Waals surface area contributed by atoms with E-state index in [1.165, 1.54) is 31.3 Å². The molecule has 0 aromatic heterocycles. The number of nitrogens with zero attached hydrogens (tertiary/aromatic N) is 2. The number of ether oxygens (including phenoxy) is 1. The molecule has 0 radical (unpaired) electrons. The molecule has 1 atom stereocenters. The standard InChI is InChI=1S/C14H19ClN2O5/c1-13(2,3)22-12(18)17(4)14(19,20)10-7-5-9(6-8-10)11(15)16-21/h5-8,11,19-20H,1-4H3. The van der Waals surface area contributed by atoms with Crippen LogP contribution in [0.4, 0.5) is 4.79 Å². The molecule has 122 valence electrons. The van der Waals surface area contributed by atoms with Gasteiger partial charge < -0.3 is 14.9 Å². The van der Waals surface area contributed by atoms with Crippen molar-refractivity contribution >= 4 is 17.7 Å². The molecule has 1 aromatic rings. The summed E-state index contributed by atoms with van der Waals surface area (Å²) in [5.74, 6) is -2.57. The summed E-state index contributed by atoms with van der Waals surface area (Å²) in [7, 11) is 1.19. The summed E-state index contributed by atoms with van der Waals surface area (Å²) in [6, 6.07) is 5.49. The van der Waals surface area contributed by atoms with E-state index < -0.39 is 23.1 Å². The normalized spacial score (nSPS) is 13.4. The van der Waals surface area contributed by atoms with Crippen molar-refractivity contribution in [3.8, 4) is 0 Å². The van der Waals surface area contributed by atoms with E-state index in [4.69, 9.17) is 16.3 Å². The average molecular weight is 331 g/mol. The van der Waals surface area contributed by atoms with Crippen LogP contribution in [0.25, 0.3) is 0 Å². The molecule has 0 aliphatic carbocycles. The summed E-state index contributed by atoms with van der Waals surface area (Å²) in [6.45, 7) is 4.99. The van der Waals surface area contributed by atoms with Crippen LogP contribution in [0.1, 0.15) is 37.4 Å². The number of amides is 1. The fourth-order valence-corrected chi connectivity index (χ4v) is 1.72. The number of hydrogen-bond donors (Lipinski definition) is 2. The third kappa shape index (κ3) is 4.40. The van der Waals surface area contributed by atoms with E-state index in [0.717, 1.165) is 0 Å². The molecule has 0 aliphatic heterocycles. The number of carbonyl (C=O) groups excluding carboxylic acids is 1. The van der Waals surface area contributed by atoms with E-state index in [-0.39, 0.29) is 5.56 Å². The maximum atomic E-state index is 11.9. The Hall–Kier alpha value is -1.70. The zero-order valence-corrected chi connectivity index (χ0v) is 13.5. The van der Waals surface area contributed by atoms with Gasteiger partial charge in [0.05, 0.1) is 0 Å². The number of benzene rings is 1. The number of nitroso groups, excluding NO2 is 1. The quantitative estimate of drug-likeness (QED) is 0.382. The van der Waals surface area contributed by atoms with Crippen LogP contribution in [-0.4, -0.2) is 33.9 Å². The fourth-order valence-electron chi connectivity index (χ4n) is 1.58. The molecule has 0 fully saturated rings. The van der Waals surface area contributed by atoms with Gasteiger partial charge in [0.1, 0.15) is 5.60 Å². The lowest BCUT2D eigenvalue weighted by atomic mass is 10.1. The highest BCUT2D eigenvalue weighted by molar-refractivity contribution is 6.20. The van der Waals surface area contributed by atoms with Gasteiger partial charge in [-0.2, -0.15) is 0 Å². The summed E-state index contributed by atoms with van der Waals surface area (Å²) in [5.41, 5.74) is -1.42. The van der Waals surface area contributed by atoms with Crippen LogP contribution in [0, 0.1) is 4.91 Å². The minimum Gasteiger partial charge on any atom is -0.444 e. The molecular formula is C14H19ClN2O5. The summed E-state index contributed by atoms with van der Waals surface area (Å²) >= 11 is 5.65. The highest BCUT2D eigenvalue weighted by Crippen LogP contribution is 2.27. The number of halogens is 1. The number of hydrogen-bond acceptors (Lipinski definition) is 6. The molecule has 1 rings (SSSR count). The SMILES string of the molecule is CN(C(=O)OC(C)(C)C)C(O)(O)c1ccc(C(Cl)N=O)cc1. The van der Waals surface area contributed by atoms with Crippen molar-refractivity contribution in [3.63, 3.8) is 0 Å². The first-order valence-electron chi connectivity index (χ1n) is 6.47. The Morgan fingerprint density at radius 3 is 2.18 bits per heavy atom. The zero-order chi connectivity index (χ0) is 17.1. The molecule has 0 bridgehead atoms. The van der Waals surface area contributed by atoms with Crippen molar-refractivity contribution in [3.05, 3.63) is 40.3 Å². The second-order valence-corrected chi connectivity index (χ2v) is 6.15. The van der Waals surface area contributed by atoms with Gasteiger partial charge in [-0.05, 0) is 31.5 Å². The molecule has 8 heteroatoms. The van der Waals surface area contributed by atoms with E-state index in [1.807, 2.05) is 0 Å². The summed E-state index contributed by atoms with van der Waals surface area (Å²) in [4.78, 5) is 22.9. The van der Waals surface area contributed by atoms with Crippen LogP contribution in [0.5, 0.6) is 0 Å². The van der Waals surface area contributed by atoms with Crippen LogP contribution in [-0.2, 0) is 10.6 Å². The summed E-state index contributed by atoms with van der Waals surface area (Å²) in [6.07, 6.45) is -0.897. The van der Waals surface area contributed by atoms with Gasteiger partial charge in [0.25, 0.3) is 5.91 Å². The van der Waals surface area contributed by atoms with Crippen LogP contribution >= 0.6 is 11.6 Å². The van der Waals surface area contributed by atoms with Gasteiger partial charge in [0.2, 0.25) is 0 Å². The monoisotopic (exact) mass is 330 g/mol. The van der Waals surface area contributed by atoms with E-state index >= 15 is 0 Å². The third-order valence-corrected chi connectivity index (χ3v) is 3.13. The topological polar surface area (TPSA) is 99.4 Å². The summed E-state index contributed by atoms with van der Waals surface area (Å²) < 4.78 is 5.08. The molecule has 0 saturated heterocycles. The van der Waals surface area contributed by atoms with E-state index in [0.29, 0.717) is 10.5 Å². The maximum Gasteiger partial charge on any atom is 0.414 e. The van der Waals surface area contributed by atoms with Crippen molar-refractivity contribution in [1.82, 2.24) is 4.90 Å². The predicted octanol–water partition coefficient (Wildman–Crippen LogP) is 2.65. The van der Waals surface area contributed by atoms with Crippen molar-refractivity contribution in [2.45, 2.75) is 37.8 Å². The maximum absolute atomic E-state index is 11.9. The molecule has 2 N–H and O–H groups in total. The third-order valence-electron chi connectivity index (χ3n) is 2.80. The molecule has 22 heavy (non-hydrogen) atoms. The molecular weight excluding hydrogens is 312 g/mol. The van der Waals surface area contributed by atoms with E-state index in [9.17, 15) is 19.9 Å². The van der Waals surface area contributed by atoms with Crippen molar-refractivity contribution < 1.29 is 19.7 Å². The Labute approximate surface area is 133 Å². The smallest absolute Gasteiger partial charge is 0.414 e. The lowest BCUT2D eigenvalue weighted by Crippen LogP contribution is -2.48. The minimum absolute atomic E-state index is 0.0133. The predicted molar refractivity (Wildman–Crippen MR) is 80.9 cm³/mol. The minimum atomic E-state index is -2.57. The zero-order valence-electron chi connectivity index (χ0n) is 12.8. The number of rotatable bonds is 4. The van der Waals surface area contributed by atoms with Crippen LogP contribution in [0.15, 0.2) is 29.4 Å². The van der Waals surface area contributed by atoms with Crippen LogP contribution in [0.3, 0.4) is 0 Å². The molecule has 1 amide bonds. The fraction of sp³-hybridized carbons (Fsp3) is 0.500.